The number of aliphatic hydroxyl groups is 1. The first-order valence-corrected chi connectivity index (χ1v) is 14.1. The van der Waals surface area contributed by atoms with Crippen LogP contribution in [0.25, 0.3) is 0 Å². The van der Waals surface area contributed by atoms with Crippen LogP contribution in [-0.4, -0.2) is 60.4 Å². The van der Waals surface area contributed by atoms with Gasteiger partial charge in [0.25, 0.3) is 0 Å². The molecule has 0 aromatic heterocycles. The highest BCUT2D eigenvalue weighted by Crippen LogP contribution is 2.34. The molecule has 8 heteroatoms. The maximum absolute atomic E-state index is 12.8. The van der Waals surface area contributed by atoms with E-state index in [1.807, 2.05) is 11.8 Å². The molecule has 0 atom stereocenters. The Labute approximate surface area is 190 Å². The maximum atomic E-state index is 12.8. The van der Waals surface area contributed by atoms with Crippen molar-refractivity contribution in [3.05, 3.63) is 29.8 Å². The summed E-state index contributed by atoms with van der Waals surface area (Å²) < 4.78 is 27.1. The van der Waals surface area contributed by atoms with E-state index in [-0.39, 0.29) is 12.3 Å². The van der Waals surface area contributed by atoms with Crippen LogP contribution in [0.4, 0.5) is 0 Å². The number of rotatable bonds is 7. The number of piperidine rings is 2. The number of carbonyl (C=O) groups excluding carboxylic acids is 1. The van der Waals surface area contributed by atoms with Gasteiger partial charge in [0.1, 0.15) is 0 Å². The minimum Gasteiger partial charge on any atom is -0.389 e. The third-order valence-electron chi connectivity index (χ3n) is 6.42. The van der Waals surface area contributed by atoms with Crippen LogP contribution in [0.15, 0.2) is 29.2 Å². The monoisotopic (exact) mass is 468 g/mol. The van der Waals surface area contributed by atoms with E-state index in [0.717, 1.165) is 42.5 Å². The summed E-state index contributed by atoms with van der Waals surface area (Å²) in [5.74, 6) is 1.41. The Morgan fingerprint density at radius 1 is 1.13 bits per heavy atom. The Kier molecular flexibility index (Phi) is 8.10. The number of nitrogens with zero attached hydrogens (tertiary/aromatic N) is 2. The summed E-state index contributed by atoms with van der Waals surface area (Å²) in [6.45, 7) is 8.84. The third kappa shape index (κ3) is 6.94. The van der Waals surface area contributed by atoms with Crippen LogP contribution in [0.1, 0.15) is 57.9 Å². The van der Waals surface area contributed by atoms with Crippen molar-refractivity contribution in [2.24, 2.45) is 11.8 Å². The Balaban J connectivity index is 1.47. The molecule has 0 aliphatic carbocycles. The van der Waals surface area contributed by atoms with Crippen molar-refractivity contribution in [3.8, 4) is 0 Å². The molecule has 1 aromatic carbocycles. The Bertz CT molecular complexity index is 839. The van der Waals surface area contributed by atoms with Crippen molar-refractivity contribution in [1.29, 1.82) is 0 Å². The summed E-state index contributed by atoms with van der Waals surface area (Å²) in [5, 5.41) is 11.0. The van der Waals surface area contributed by atoms with E-state index in [4.69, 9.17) is 0 Å². The number of aryl methyl sites for hydroxylation is 1. The van der Waals surface area contributed by atoms with Gasteiger partial charge in [-0.05, 0) is 63.0 Å². The zero-order valence-corrected chi connectivity index (χ0v) is 20.6. The molecule has 1 N–H and O–H groups in total. The molecule has 2 saturated heterocycles. The lowest BCUT2D eigenvalue weighted by Gasteiger charge is -2.39. The highest BCUT2D eigenvalue weighted by atomic mass is 33.1. The molecule has 0 radical (unpaired) electrons. The molecular formula is C23H36N2O4S2. The Morgan fingerprint density at radius 2 is 1.71 bits per heavy atom. The molecule has 174 valence electrons. The highest BCUT2D eigenvalue weighted by molar-refractivity contribution is 8.71. The summed E-state index contributed by atoms with van der Waals surface area (Å²) >= 11 is 0. The fourth-order valence-electron chi connectivity index (χ4n) is 4.52. The molecule has 0 bridgehead atoms. The minimum atomic E-state index is -3.48. The number of likely N-dealkylation sites (tertiary alicyclic amines) is 1. The zero-order chi connectivity index (χ0) is 22.6. The first kappa shape index (κ1) is 24.6. The van der Waals surface area contributed by atoms with Crippen LogP contribution in [0.3, 0.4) is 0 Å². The van der Waals surface area contributed by atoms with E-state index >= 15 is 0 Å². The fraction of sp³-hybridized carbons (Fsp3) is 0.696. The first-order valence-electron chi connectivity index (χ1n) is 11.3. The number of hydrogen-bond donors (Lipinski definition) is 1. The summed E-state index contributed by atoms with van der Waals surface area (Å²) in [6.07, 6.45) is 4.24. The third-order valence-corrected chi connectivity index (χ3v) is 9.84. The van der Waals surface area contributed by atoms with Crippen LogP contribution >= 0.6 is 11.0 Å². The standard InChI is InChI=1S/C23H36N2O4S2/c1-18(2)16-20-8-12-24(13-9-20)22(26)17-23(27)10-14-25(15-11-23)30-31(28,29)21-6-4-19(3)5-7-21/h4-7,18,20,27H,8-17H2,1-3H3. The molecule has 2 aliphatic heterocycles. The molecule has 0 saturated carbocycles. The smallest absolute Gasteiger partial charge is 0.244 e. The van der Waals surface area contributed by atoms with Gasteiger partial charge in [0.05, 0.1) is 27.9 Å². The van der Waals surface area contributed by atoms with Crippen LogP contribution in [0.2, 0.25) is 0 Å². The van der Waals surface area contributed by atoms with Gasteiger partial charge in [-0.1, -0.05) is 31.5 Å². The summed E-state index contributed by atoms with van der Waals surface area (Å²) in [4.78, 5) is 15.0. The van der Waals surface area contributed by atoms with Gasteiger partial charge in [-0.15, -0.1) is 0 Å². The van der Waals surface area contributed by atoms with Crippen molar-refractivity contribution in [1.82, 2.24) is 9.21 Å². The predicted octanol–water partition coefficient (Wildman–Crippen LogP) is 3.83. The molecule has 3 rings (SSSR count). The molecule has 2 heterocycles. The average Bonchev–Trinajstić information content (AvgIpc) is 2.70. The van der Waals surface area contributed by atoms with Gasteiger partial charge in [0, 0.05) is 26.2 Å². The molecule has 2 aliphatic rings. The van der Waals surface area contributed by atoms with Crippen molar-refractivity contribution in [2.75, 3.05) is 26.2 Å². The van der Waals surface area contributed by atoms with Crippen LogP contribution < -0.4 is 0 Å². The van der Waals surface area contributed by atoms with E-state index in [1.54, 1.807) is 28.6 Å². The van der Waals surface area contributed by atoms with Gasteiger partial charge >= 0.3 is 0 Å². The maximum Gasteiger partial charge on any atom is 0.244 e. The van der Waals surface area contributed by atoms with Gasteiger partial charge in [-0.25, -0.2) is 12.7 Å². The van der Waals surface area contributed by atoms with Crippen LogP contribution in [-0.2, 0) is 13.7 Å². The van der Waals surface area contributed by atoms with E-state index in [0.29, 0.717) is 42.7 Å². The van der Waals surface area contributed by atoms with Crippen molar-refractivity contribution >= 4 is 25.8 Å². The lowest BCUT2D eigenvalue weighted by atomic mass is 9.86. The largest absolute Gasteiger partial charge is 0.389 e. The Morgan fingerprint density at radius 3 is 2.26 bits per heavy atom. The molecule has 31 heavy (non-hydrogen) atoms. The summed E-state index contributed by atoms with van der Waals surface area (Å²) in [7, 11) is -2.65. The van der Waals surface area contributed by atoms with E-state index in [1.165, 1.54) is 6.42 Å². The molecule has 0 spiro atoms. The SMILES string of the molecule is Cc1ccc(S(=O)(=O)SN2CCC(O)(CC(=O)N3CCC(CC(C)C)CC3)CC2)cc1. The normalized spacial score (nSPS) is 20.9. The second kappa shape index (κ2) is 10.2. The second-order valence-electron chi connectivity index (χ2n) is 9.63. The van der Waals surface area contributed by atoms with Crippen LogP contribution in [0.5, 0.6) is 0 Å². The summed E-state index contributed by atoms with van der Waals surface area (Å²) in [6, 6.07) is 6.83. The minimum absolute atomic E-state index is 0.0267. The van der Waals surface area contributed by atoms with Gasteiger partial charge in [0.2, 0.25) is 14.8 Å². The van der Waals surface area contributed by atoms with Gasteiger partial charge < -0.3 is 10.0 Å². The second-order valence-corrected chi connectivity index (χ2v) is 13.4. The molecule has 0 unspecified atom stereocenters. The Hall–Kier alpha value is -1.09. The first-order chi connectivity index (χ1) is 14.6. The quantitative estimate of drug-likeness (QED) is 0.484. The van der Waals surface area contributed by atoms with Crippen molar-refractivity contribution in [2.45, 2.75) is 69.8 Å². The zero-order valence-electron chi connectivity index (χ0n) is 18.9. The van der Waals surface area contributed by atoms with Gasteiger partial charge in [0.15, 0.2) is 0 Å². The number of benzene rings is 1. The predicted molar refractivity (Wildman–Crippen MR) is 125 cm³/mol. The molecular weight excluding hydrogens is 432 g/mol. The molecule has 1 aromatic rings. The number of amides is 1. The summed E-state index contributed by atoms with van der Waals surface area (Å²) in [5.41, 5.74) is -0.0305. The average molecular weight is 469 g/mol. The highest BCUT2D eigenvalue weighted by Gasteiger charge is 2.38. The lowest BCUT2D eigenvalue weighted by Crippen LogP contribution is -2.47. The molecule has 1 amide bonds. The van der Waals surface area contributed by atoms with E-state index in [2.05, 4.69) is 13.8 Å². The fourth-order valence-corrected chi connectivity index (χ4v) is 7.55. The molecule has 6 nitrogen and oxygen atoms in total. The van der Waals surface area contributed by atoms with Gasteiger partial charge in [-0.2, -0.15) is 0 Å². The number of carbonyl (C=O) groups is 1. The van der Waals surface area contributed by atoms with E-state index < -0.39 is 14.5 Å². The number of hydrogen-bond acceptors (Lipinski definition) is 6. The van der Waals surface area contributed by atoms with Gasteiger partial charge in [-0.3, -0.25) is 4.79 Å². The topological polar surface area (TPSA) is 77.9 Å². The van der Waals surface area contributed by atoms with Crippen LogP contribution in [0, 0.1) is 18.8 Å². The van der Waals surface area contributed by atoms with Crippen molar-refractivity contribution in [3.63, 3.8) is 0 Å². The molecule has 2 fully saturated rings. The van der Waals surface area contributed by atoms with E-state index in [9.17, 15) is 18.3 Å². The van der Waals surface area contributed by atoms with Crippen molar-refractivity contribution < 1.29 is 18.3 Å². The lowest BCUT2D eigenvalue weighted by molar-refractivity contribution is -0.139.